The number of nitrogens with two attached hydrogens (primary N) is 1. The first-order valence-electron chi connectivity index (χ1n) is 4.93. The largest absolute Gasteiger partial charge is 0.398 e. The molecule has 0 unspecified atom stereocenters. The molecule has 1 amide bonds. The molecule has 2 aromatic rings. The van der Waals surface area contributed by atoms with Crippen molar-refractivity contribution in [2.45, 2.75) is 13.5 Å². The van der Waals surface area contributed by atoms with Crippen molar-refractivity contribution in [1.29, 1.82) is 0 Å². The lowest BCUT2D eigenvalue weighted by Gasteiger charge is -2.04. The minimum Gasteiger partial charge on any atom is -0.398 e. The highest BCUT2D eigenvalue weighted by Crippen LogP contribution is 2.08. The number of nitrogens with one attached hydrogen (secondary N) is 1. The lowest BCUT2D eigenvalue weighted by molar-refractivity contribution is 0.0947. The Balaban J connectivity index is 2.01. The first kappa shape index (κ1) is 11.1. The average molecular weight is 233 g/mol. The van der Waals surface area contributed by atoms with Crippen LogP contribution in [0.3, 0.4) is 0 Å². The van der Waals surface area contributed by atoms with E-state index in [0.29, 0.717) is 23.0 Å². The summed E-state index contributed by atoms with van der Waals surface area (Å²) in [7, 11) is 0. The van der Waals surface area contributed by atoms with Crippen molar-refractivity contribution >= 4 is 11.6 Å². The van der Waals surface area contributed by atoms with Gasteiger partial charge in [-0.2, -0.15) is 4.98 Å². The van der Waals surface area contributed by atoms with E-state index in [9.17, 15) is 4.79 Å². The molecular weight excluding hydrogens is 222 g/mol. The highest BCUT2D eigenvalue weighted by molar-refractivity contribution is 5.98. The van der Waals surface area contributed by atoms with Crippen molar-refractivity contribution in [2.75, 3.05) is 5.73 Å². The number of rotatable bonds is 3. The second kappa shape index (κ2) is 4.60. The van der Waals surface area contributed by atoms with Crippen LogP contribution in [0.25, 0.3) is 0 Å². The molecule has 0 saturated heterocycles. The summed E-state index contributed by atoms with van der Waals surface area (Å²) in [5, 5.41) is 6.22. The molecule has 3 N–H and O–H groups in total. The van der Waals surface area contributed by atoms with Gasteiger partial charge >= 0.3 is 0 Å². The summed E-state index contributed by atoms with van der Waals surface area (Å²) in [6.45, 7) is 1.86. The number of carbonyl (C=O) groups excluding carboxylic acids is 1. The number of carbonyl (C=O) groups is 1. The molecule has 88 valence electrons. The molecule has 0 aliphatic rings. The summed E-state index contributed by atoms with van der Waals surface area (Å²) in [5.41, 5.74) is 6.34. The van der Waals surface area contributed by atoms with Gasteiger partial charge in [-0.1, -0.05) is 5.16 Å². The van der Waals surface area contributed by atoms with Crippen molar-refractivity contribution in [3.05, 3.63) is 35.7 Å². The van der Waals surface area contributed by atoms with E-state index in [4.69, 9.17) is 10.3 Å². The first-order valence-corrected chi connectivity index (χ1v) is 4.93. The van der Waals surface area contributed by atoms with Crippen LogP contribution in [0.4, 0.5) is 5.69 Å². The molecule has 0 atom stereocenters. The van der Waals surface area contributed by atoms with E-state index in [1.54, 1.807) is 13.0 Å². The molecule has 2 aromatic heterocycles. The van der Waals surface area contributed by atoms with Crippen LogP contribution in [0, 0.1) is 6.92 Å². The topological polar surface area (TPSA) is 107 Å². The third-order valence-electron chi connectivity index (χ3n) is 2.07. The Morgan fingerprint density at radius 2 is 2.41 bits per heavy atom. The molecule has 2 heterocycles. The number of hydrogen-bond donors (Lipinski definition) is 2. The van der Waals surface area contributed by atoms with Crippen LogP contribution in [0.1, 0.15) is 22.1 Å². The van der Waals surface area contributed by atoms with Gasteiger partial charge in [0.1, 0.15) is 0 Å². The maximum absolute atomic E-state index is 11.7. The van der Waals surface area contributed by atoms with E-state index in [-0.39, 0.29) is 12.5 Å². The summed E-state index contributed by atoms with van der Waals surface area (Å²) in [5.74, 6) is 0.542. The smallest absolute Gasteiger partial charge is 0.255 e. The second-order valence-corrected chi connectivity index (χ2v) is 3.38. The normalized spacial score (nSPS) is 10.2. The van der Waals surface area contributed by atoms with Crippen molar-refractivity contribution in [1.82, 2.24) is 20.4 Å². The van der Waals surface area contributed by atoms with Crippen LogP contribution in [-0.2, 0) is 6.54 Å². The van der Waals surface area contributed by atoms with E-state index in [0.717, 1.165) is 0 Å². The van der Waals surface area contributed by atoms with Crippen LogP contribution >= 0.6 is 0 Å². The molecule has 7 nitrogen and oxygen atoms in total. The summed E-state index contributed by atoms with van der Waals surface area (Å²) in [6, 6.07) is 1.56. The highest BCUT2D eigenvalue weighted by atomic mass is 16.5. The number of amides is 1. The lowest BCUT2D eigenvalue weighted by Crippen LogP contribution is -2.24. The van der Waals surface area contributed by atoms with Crippen LogP contribution in [0.15, 0.2) is 23.0 Å². The highest BCUT2D eigenvalue weighted by Gasteiger charge is 2.10. The molecule has 0 bridgehead atoms. The number of nitrogen functional groups attached to an aromatic ring is 1. The Labute approximate surface area is 97.0 Å². The van der Waals surface area contributed by atoms with Crippen LogP contribution in [0.5, 0.6) is 0 Å². The van der Waals surface area contributed by atoms with E-state index in [1.165, 1.54) is 12.4 Å². The molecule has 0 aromatic carbocycles. The number of aryl methyl sites for hydroxylation is 1. The van der Waals surface area contributed by atoms with Gasteiger partial charge in [-0.3, -0.25) is 9.78 Å². The van der Waals surface area contributed by atoms with Gasteiger partial charge in [0, 0.05) is 18.1 Å². The van der Waals surface area contributed by atoms with E-state index >= 15 is 0 Å². The number of anilines is 1. The Morgan fingerprint density at radius 1 is 1.59 bits per heavy atom. The minimum absolute atomic E-state index is 0.161. The van der Waals surface area contributed by atoms with Crippen LogP contribution in [-0.4, -0.2) is 21.0 Å². The molecule has 2 rings (SSSR count). The maximum atomic E-state index is 11.7. The molecule has 0 saturated carbocycles. The van der Waals surface area contributed by atoms with Gasteiger partial charge in [0.05, 0.1) is 12.1 Å². The number of pyridine rings is 1. The van der Waals surface area contributed by atoms with Crippen molar-refractivity contribution in [3.8, 4) is 0 Å². The molecule has 0 spiro atoms. The van der Waals surface area contributed by atoms with Crippen molar-refractivity contribution in [2.24, 2.45) is 0 Å². The maximum Gasteiger partial charge on any atom is 0.255 e. The fourth-order valence-electron chi connectivity index (χ4n) is 1.26. The Bertz CT molecular complexity index is 537. The quantitative estimate of drug-likeness (QED) is 0.788. The van der Waals surface area contributed by atoms with Gasteiger partial charge in [-0.15, -0.1) is 0 Å². The first-order chi connectivity index (χ1) is 8.16. The van der Waals surface area contributed by atoms with Gasteiger partial charge in [0.2, 0.25) is 5.89 Å². The number of aromatic nitrogens is 3. The predicted octanol–water partition coefficient (Wildman–Crippen LogP) is 0.285. The van der Waals surface area contributed by atoms with E-state index < -0.39 is 0 Å². The molecule has 0 aliphatic carbocycles. The molecule has 0 radical (unpaired) electrons. The molecular formula is C10H11N5O2. The fraction of sp³-hybridized carbons (Fsp3) is 0.200. The zero-order chi connectivity index (χ0) is 12.3. The summed E-state index contributed by atoms with van der Waals surface area (Å²) >= 11 is 0. The summed E-state index contributed by atoms with van der Waals surface area (Å²) < 4.78 is 4.86. The van der Waals surface area contributed by atoms with Gasteiger partial charge in [0.15, 0.2) is 5.82 Å². The van der Waals surface area contributed by atoms with Crippen molar-refractivity contribution in [3.63, 3.8) is 0 Å². The predicted molar refractivity (Wildman–Crippen MR) is 58.9 cm³/mol. The zero-order valence-corrected chi connectivity index (χ0v) is 9.17. The van der Waals surface area contributed by atoms with E-state index in [2.05, 4.69) is 20.4 Å². The van der Waals surface area contributed by atoms with Gasteiger partial charge in [0.25, 0.3) is 5.91 Å². The van der Waals surface area contributed by atoms with Gasteiger partial charge in [-0.25, -0.2) is 0 Å². The van der Waals surface area contributed by atoms with Crippen molar-refractivity contribution < 1.29 is 9.32 Å². The zero-order valence-electron chi connectivity index (χ0n) is 9.17. The standard InChI is InChI=1S/C10H11N5O2/c1-6-14-9(17-15-6)5-13-10(16)7-4-12-3-2-8(7)11/h2-4H,5H2,1H3,(H2,11,12)(H,13,16). The summed E-state index contributed by atoms with van der Waals surface area (Å²) in [4.78, 5) is 19.5. The average Bonchev–Trinajstić information content (AvgIpc) is 2.73. The minimum atomic E-state index is -0.327. The molecule has 0 aliphatic heterocycles. The van der Waals surface area contributed by atoms with Crippen LogP contribution in [0.2, 0.25) is 0 Å². The molecule has 0 fully saturated rings. The van der Waals surface area contributed by atoms with Gasteiger partial charge in [-0.05, 0) is 13.0 Å². The Kier molecular flexibility index (Phi) is 2.99. The Morgan fingerprint density at radius 3 is 3.06 bits per heavy atom. The fourth-order valence-corrected chi connectivity index (χ4v) is 1.26. The molecule has 17 heavy (non-hydrogen) atoms. The second-order valence-electron chi connectivity index (χ2n) is 3.38. The number of hydrogen-bond acceptors (Lipinski definition) is 6. The SMILES string of the molecule is Cc1noc(CNC(=O)c2cnccc2N)n1. The van der Waals surface area contributed by atoms with E-state index in [1.807, 2.05) is 0 Å². The van der Waals surface area contributed by atoms with Gasteiger partial charge < -0.3 is 15.6 Å². The summed E-state index contributed by atoms with van der Waals surface area (Å²) in [6.07, 6.45) is 2.93. The third-order valence-corrected chi connectivity index (χ3v) is 2.07. The molecule has 7 heteroatoms. The Hall–Kier alpha value is -2.44. The van der Waals surface area contributed by atoms with Crippen LogP contribution < -0.4 is 11.1 Å². The third kappa shape index (κ3) is 2.57. The monoisotopic (exact) mass is 233 g/mol. The number of nitrogens with zero attached hydrogens (tertiary/aromatic N) is 3. The lowest BCUT2D eigenvalue weighted by atomic mass is 10.2.